The molecule has 0 spiro atoms. The molecule has 0 aliphatic carbocycles. The van der Waals surface area contributed by atoms with Crippen molar-refractivity contribution >= 4 is 11.4 Å². The maximum absolute atomic E-state index is 12.1. The molecule has 0 atom stereocenters. The van der Waals surface area contributed by atoms with Gasteiger partial charge in [-0.1, -0.05) is 178 Å². The summed E-state index contributed by atoms with van der Waals surface area (Å²) in [7, 11) is 0. The second-order valence-electron chi connectivity index (χ2n) is 15.2. The summed E-state index contributed by atoms with van der Waals surface area (Å²) < 4.78 is 1.57. The van der Waals surface area contributed by atoms with Crippen molar-refractivity contribution < 1.29 is 21.2 Å². The van der Waals surface area contributed by atoms with Gasteiger partial charge in [0.05, 0.1) is 0 Å². The first kappa shape index (κ1) is 52.8. The fourth-order valence-corrected chi connectivity index (χ4v) is 7.71. The van der Waals surface area contributed by atoms with Crippen LogP contribution in [-0.4, -0.2) is 4.70 Å². The maximum atomic E-state index is 12.1. The van der Waals surface area contributed by atoms with Crippen LogP contribution in [-0.2, 0) is 22.9 Å². The first-order valence-corrected chi connectivity index (χ1v) is 22.8. The molecular weight excluding hydrogens is 711 g/mol. The number of hydrogen-bond acceptors (Lipinski definition) is 0. The molecule has 2 nitrogen and oxygen atoms in total. The molecular formula is C52H84N2Ni. The van der Waals surface area contributed by atoms with Gasteiger partial charge in [-0.05, 0) is 88.5 Å². The van der Waals surface area contributed by atoms with E-state index in [1.54, 1.807) is 18.5 Å². The predicted octanol–water partition coefficient (Wildman–Crippen LogP) is 17.8. The van der Waals surface area contributed by atoms with Crippen LogP contribution in [0.4, 0.5) is 0 Å². The van der Waals surface area contributed by atoms with Crippen molar-refractivity contribution in [2.75, 3.05) is 0 Å². The number of allylic oxidation sites excluding steroid dienone is 4. The molecule has 312 valence electrons. The zero-order chi connectivity index (χ0) is 39.7. The van der Waals surface area contributed by atoms with Crippen LogP contribution >= 0.6 is 0 Å². The standard InChI is InChI=1S/C48H74N2.2C2H5.Ni/c1-5-8-11-13-14-15-16-17-18-19-20-21-22-23-24-25-26-27-28-34-42-35-30-31-38-44(42)48-46(37-10-7-3)45(39-29-12-9-6-2)47(50(48)49)43-36-32-33-41(4)40-43;2*1-2;/h25-26,30-33,35-36,38,40H,5-24,27-29,34,37,39H2,1-4H3;2*1H2,2H3;/q;2*-1;+2. The molecule has 0 saturated carbocycles. The molecule has 0 bridgehead atoms. The van der Waals surface area contributed by atoms with Crippen LogP contribution < -0.4 is 0 Å². The minimum atomic E-state index is 0. The molecule has 1 aliphatic rings. The van der Waals surface area contributed by atoms with E-state index in [-0.39, 0.29) is 16.5 Å². The molecule has 2 aromatic rings. The Bertz CT molecular complexity index is 1330. The van der Waals surface area contributed by atoms with Crippen LogP contribution in [0.15, 0.2) is 71.8 Å². The molecule has 3 heteroatoms. The van der Waals surface area contributed by atoms with Crippen LogP contribution in [0.2, 0.25) is 0 Å². The normalized spacial score (nSPS) is 12.5. The van der Waals surface area contributed by atoms with Crippen molar-refractivity contribution in [2.45, 2.75) is 208 Å². The van der Waals surface area contributed by atoms with E-state index in [1.165, 1.54) is 150 Å². The Morgan fingerprint density at radius 2 is 0.982 bits per heavy atom. The van der Waals surface area contributed by atoms with E-state index in [2.05, 4.69) is 102 Å². The molecule has 0 radical (unpaired) electrons. The topological polar surface area (TPSA) is 25.3 Å². The Balaban J connectivity index is 0.00000564. The van der Waals surface area contributed by atoms with E-state index < -0.39 is 0 Å². The van der Waals surface area contributed by atoms with Gasteiger partial charge >= 0.3 is 16.5 Å². The average molecular weight is 796 g/mol. The second-order valence-corrected chi connectivity index (χ2v) is 15.2. The van der Waals surface area contributed by atoms with E-state index in [1.807, 2.05) is 0 Å². The fourth-order valence-electron chi connectivity index (χ4n) is 7.71. The number of rotatable bonds is 29. The van der Waals surface area contributed by atoms with Gasteiger partial charge in [0.15, 0.2) is 0 Å². The monoisotopic (exact) mass is 795 g/mol. The van der Waals surface area contributed by atoms with Crippen LogP contribution in [0.5, 0.6) is 0 Å². The first-order valence-electron chi connectivity index (χ1n) is 22.8. The van der Waals surface area contributed by atoms with E-state index >= 15 is 0 Å². The van der Waals surface area contributed by atoms with Crippen LogP contribution in [0.3, 0.4) is 0 Å². The summed E-state index contributed by atoms with van der Waals surface area (Å²) in [6, 6.07) is 17.6. The van der Waals surface area contributed by atoms with Crippen molar-refractivity contribution in [2.24, 2.45) is 0 Å². The maximum Gasteiger partial charge on any atom is 2.00 e. The minimum Gasteiger partial charge on any atom is -0.493 e. The summed E-state index contributed by atoms with van der Waals surface area (Å²) in [6.07, 6.45) is 38.5. The zero-order valence-corrected chi connectivity index (χ0v) is 37.8. The molecule has 0 aromatic heterocycles. The summed E-state index contributed by atoms with van der Waals surface area (Å²) in [5, 5.41) is 0. The number of benzene rings is 2. The Kier molecular flexibility index (Phi) is 34.6. The predicted molar refractivity (Wildman–Crippen MR) is 242 cm³/mol. The zero-order valence-electron chi connectivity index (χ0n) is 36.8. The Hall–Kier alpha value is -2.25. The Labute approximate surface area is 353 Å². The van der Waals surface area contributed by atoms with E-state index in [4.69, 9.17) is 0 Å². The van der Waals surface area contributed by atoms with Crippen LogP contribution in [0, 0.1) is 20.8 Å². The third-order valence-corrected chi connectivity index (χ3v) is 10.7. The van der Waals surface area contributed by atoms with Crippen molar-refractivity contribution in [3.8, 4) is 0 Å². The largest absolute Gasteiger partial charge is 2.00 e. The van der Waals surface area contributed by atoms with E-state index in [9.17, 15) is 5.53 Å². The average Bonchev–Trinajstić information content (AvgIpc) is 3.48. The molecule has 0 amide bonds. The smallest absolute Gasteiger partial charge is 0.493 e. The summed E-state index contributed by atoms with van der Waals surface area (Å²) in [4.78, 5) is 0. The third kappa shape index (κ3) is 21.2. The van der Waals surface area contributed by atoms with Gasteiger partial charge < -0.3 is 19.4 Å². The van der Waals surface area contributed by atoms with Crippen LogP contribution in [0.1, 0.15) is 217 Å². The van der Waals surface area contributed by atoms with Gasteiger partial charge in [0.2, 0.25) is 11.4 Å². The van der Waals surface area contributed by atoms with Crippen molar-refractivity contribution in [1.82, 2.24) is 0 Å². The molecule has 3 rings (SSSR count). The molecule has 1 heterocycles. The first-order chi connectivity index (χ1) is 26.6. The fraction of sp³-hybridized carbons (Fsp3) is 0.615. The van der Waals surface area contributed by atoms with Gasteiger partial charge in [0.25, 0.3) is 0 Å². The summed E-state index contributed by atoms with van der Waals surface area (Å²) in [5.41, 5.74) is 21.7. The van der Waals surface area contributed by atoms with Gasteiger partial charge in [0, 0.05) is 22.3 Å². The second kappa shape index (κ2) is 36.1. The summed E-state index contributed by atoms with van der Waals surface area (Å²) in [5.74, 6) is 0. The molecule has 0 unspecified atom stereocenters. The van der Waals surface area contributed by atoms with E-state index in [0.717, 1.165) is 61.9 Å². The molecule has 55 heavy (non-hydrogen) atoms. The van der Waals surface area contributed by atoms with Gasteiger partial charge in [0.1, 0.15) is 0 Å². The molecule has 0 fully saturated rings. The number of unbranched alkanes of at least 4 members (excludes halogenated alkanes) is 19. The van der Waals surface area contributed by atoms with Gasteiger partial charge in [-0.3, -0.25) is 0 Å². The number of aryl methyl sites for hydroxylation is 2. The Morgan fingerprint density at radius 3 is 1.55 bits per heavy atom. The van der Waals surface area contributed by atoms with Crippen molar-refractivity contribution in [3.05, 3.63) is 113 Å². The Morgan fingerprint density at radius 1 is 0.509 bits per heavy atom. The van der Waals surface area contributed by atoms with Crippen molar-refractivity contribution in [3.63, 3.8) is 0 Å². The molecule has 0 saturated heterocycles. The van der Waals surface area contributed by atoms with Gasteiger partial charge in [-0.25, -0.2) is 4.70 Å². The SMILES string of the molecule is CCCCCCCCCCCCCCCCC=CCCCc1ccccc1C1=C(CCCC)C(CCCCCC)=C(c2cccc(C)c2)[N+]1=[N-].[CH2-]C.[CH2-]C.[Ni+2]. The minimum absolute atomic E-state index is 0. The molecule has 2 aromatic carbocycles. The van der Waals surface area contributed by atoms with Gasteiger partial charge in [-0.15, -0.1) is 0 Å². The van der Waals surface area contributed by atoms with Crippen molar-refractivity contribution in [1.29, 1.82) is 0 Å². The quantitative estimate of drug-likeness (QED) is 0.0258. The third-order valence-electron chi connectivity index (χ3n) is 10.7. The summed E-state index contributed by atoms with van der Waals surface area (Å²) in [6.45, 7) is 19.0. The van der Waals surface area contributed by atoms with Crippen LogP contribution in [0.25, 0.3) is 16.9 Å². The van der Waals surface area contributed by atoms with Gasteiger partial charge in [-0.2, -0.15) is 13.8 Å². The molecule has 1 aliphatic heterocycles. The summed E-state index contributed by atoms with van der Waals surface area (Å²) >= 11 is 0. The van der Waals surface area contributed by atoms with E-state index in [0.29, 0.717) is 0 Å². The number of hydrogen-bond donors (Lipinski definition) is 0. The number of nitrogens with zero attached hydrogens (tertiary/aromatic N) is 2. The molecule has 0 N–H and O–H groups in total.